The number of hydrogen-bond acceptors (Lipinski definition) is 3. The number of rotatable bonds is 2. The van der Waals surface area contributed by atoms with Crippen molar-refractivity contribution in [1.82, 2.24) is 4.98 Å². The second-order valence-electron chi connectivity index (χ2n) is 4.13. The average molecular weight is 240 g/mol. The monoisotopic (exact) mass is 239 g/mol. The van der Waals surface area contributed by atoms with Gasteiger partial charge in [-0.3, -0.25) is 4.98 Å². The molecule has 1 N–H and O–H groups in total. The molecule has 3 rings (SSSR count). The van der Waals surface area contributed by atoms with Crippen LogP contribution in [0.4, 0.5) is 0 Å². The minimum atomic E-state index is -0.433. The zero-order valence-corrected chi connectivity index (χ0v) is 9.21. The molecule has 84 valence electrons. The third-order valence-electron chi connectivity index (χ3n) is 3.05. The van der Waals surface area contributed by atoms with Gasteiger partial charge in [-0.25, -0.2) is 4.79 Å². The lowest BCUT2D eigenvalue weighted by molar-refractivity contribution is -0.0479. The number of nitrogens with one attached hydrogen (secondary N) is 1. The topological polar surface area (TPSA) is 55.2 Å². The first-order valence-corrected chi connectivity index (χ1v) is 5.54. The number of aromatic amines is 1. The molecule has 0 aliphatic carbocycles. The van der Waals surface area contributed by atoms with Gasteiger partial charge in [-0.05, 0) is 17.7 Å². The van der Waals surface area contributed by atoms with Crippen LogP contribution in [0.5, 0.6) is 0 Å². The summed E-state index contributed by atoms with van der Waals surface area (Å²) in [6, 6.07) is 5.65. The molecule has 1 aromatic carbocycles. The van der Waals surface area contributed by atoms with E-state index in [1.807, 2.05) is 18.2 Å². The fraction of sp³-hybridized carbons (Fsp3) is 0.364. The summed E-state index contributed by atoms with van der Waals surface area (Å²) in [6.07, 6.45) is 0. The molecular formula is C11H10ClNO3. The Bertz CT molecular complexity index is 577. The van der Waals surface area contributed by atoms with E-state index in [0.29, 0.717) is 30.2 Å². The lowest BCUT2D eigenvalue weighted by Gasteiger charge is -2.40. The van der Waals surface area contributed by atoms with E-state index in [-0.39, 0.29) is 5.41 Å². The lowest BCUT2D eigenvalue weighted by Crippen LogP contribution is -2.48. The number of H-pyrrole nitrogens is 1. The SMILES string of the molecule is O=c1[nH]c2ccc(C3(CCl)COC3)cc2o1. The van der Waals surface area contributed by atoms with E-state index in [1.165, 1.54) is 0 Å². The van der Waals surface area contributed by atoms with Gasteiger partial charge in [-0.15, -0.1) is 11.6 Å². The maximum atomic E-state index is 11.0. The average Bonchev–Trinajstić information content (AvgIpc) is 2.56. The van der Waals surface area contributed by atoms with Gasteiger partial charge in [-0.2, -0.15) is 0 Å². The summed E-state index contributed by atoms with van der Waals surface area (Å²) in [7, 11) is 0. The van der Waals surface area contributed by atoms with Gasteiger partial charge in [0.2, 0.25) is 0 Å². The van der Waals surface area contributed by atoms with Crippen molar-refractivity contribution in [2.24, 2.45) is 0 Å². The Labute approximate surface area is 96.2 Å². The zero-order valence-electron chi connectivity index (χ0n) is 8.46. The van der Waals surface area contributed by atoms with Gasteiger partial charge in [0.25, 0.3) is 0 Å². The van der Waals surface area contributed by atoms with Crippen molar-refractivity contribution >= 4 is 22.7 Å². The first kappa shape index (κ1) is 9.93. The maximum Gasteiger partial charge on any atom is 0.417 e. The molecule has 1 aliphatic heterocycles. The summed E-state index contributed by atoms with van der Waals surface area (Å²) < 4.78 is 10.2. The third-order valence-corrected chi connectivity index (χ3v) is 3.56. The van der Waals surface area contributed by atoms with Crippen molar-refractivity contribution in [2.45, 2.75) is 5.41 Å². The van der Waals surface area contributed by atoms with Gasteiger partial charge in [0.15, 0.2) is 5.58 Å². The number of benzene rings is 1. The molecule has 0 bridgehead atoms. The van der Waals surface area contributed by atoms with Gasteiger partial charge >= 0.3 is 5.76 Å². The molecule has 1 aromatic heterocycles. The fourth-order valence-corrected chi connectivity index (χ4v) is 2.25. The number of alkyl halides is 1. The predicted molar refractivity (Wildman–Crippen MR) is 60.1 cm³/mol. The van der Waals surface area contributed by atoms with Crippen LogP contribution in [0.3, 0.4) is 0 Å². The summed E-state index contributed by atoms with van der Waals surface area (Å²) in [5.74, 6) is 0.0737. The van der Waals surface area contributed by atoms with Crippen LogP contribution in [0, 0.1) is 0 Å². The highest BCUT2D eigenvalue weighted by Gasteiger charge is 2.39. The van der Waals surface area contributed by atoms with Crippen LogP contribution in [0.1, 0.15) is 5.56 Å². The van der Waals surface area contributed by atoms with E-state index in [4.69, 9.17) is 20.8 Å². The standard InChI is InChI=1S/C11H10ClNO3/c12-4-11(5-15-6-11)7-1-2-8-9(3-7)16-10(14)13-8/h1-3H,4-6H2,(H,13,14). The second kappa shape index (κ2) is 3.37. The summed E-state index contributed by atoms with van der Waals surface area (Å²) in [5, 5.41) is 0. The minimum Gasteiger partial charge on any atom is -0.408 e. The van der Waals surface area contributed by atoms with Gasteiger partial charge in [0.1, 0.15) is 0 Å². The Balaban J connectivity index is 2.14. The molecule has 1 aliphatic rings. The van der Waals surface area contributed by atoms with E-state index < -0.39 is 5.76 Å². The number of halogens is 1. The Morgan fingerprint density at radius 2 is 2.25 bits per heavy atom. The molecule has 16 heavy (non-hydrogen) atoms. The molecule has 5 heteroatoms. The van der Waals surface area contributed by atoms with Crippen molar-refractivity contribution in [3.05, 3.63) is 34.3 Å². The molecule has 0 atom stereocenters. The first-order chi connectivity index (χ1) is 7.73. The molecule has 0 unspecified atom stereocenters. The predicted octanol–water partition coefficient (Wildman–Crippen LogP) is 1.63. The molecule has 0 saturated carbocycles. The smallest absolute Gasteiger partial charge is 0.408 e. The number of ether oxygens (including phenoxy) is 1. The third kappa shape index (κ3) is 1.30. The molecule has 1 saturated heterocycles. The van der Waals surface area contributed by atoms with E-state index in [1.54, 1.807) is 0 Å². The largest absolute Gasteiger partial charge is 0.417 e. The minimum absolute atomic E-state index is 0.119. The molecule has 1 fully saturated rings. The number of oxazole rings is 1. The Morgan fingerprint density at radius 1 is 1.44 bits per heavy atom. The molecule has 0 radical (unpaired) electrons. The van der Waals surface area contributed by atoms with Crippen LogP contribution < -0.4 is 5.76 Å². The number of fused-ring (bicyclic) bond motifs is 1. The van der Waals surface area contributed by atoms with Crippen LogP contribution >= 0.6 is 11.6 Å². The van der Waals surface area contributed by atoms with E-state index in [9.17, 15) is 4.79 Å². The van der Waals surface area contributed by atoms with Gasteiger partial charge in [0, 0.05) is 5.88 Å². The fourth-order valence-electron chi connectivity index (χ4n) is 1.94. The van der Waals surface area contributed by atoms with Crippen molar-refractivity contribution in [3.8, 4) is 0 Å². The quantitative estimate of drug-likeness (QED) is 0.811. The first-order valence-electron chi connectivity index (χ1n) is 5.01. The Morgan fingerprint density at radius 3 is 2.88 bits per heavy atom. The van der Waals surface area contributed by atoms with E-state index >= 15 is 0 Å². The number of hydrogen-bond donors (Lipinski definition) is 1. The zero-order chi connectivity index (χ0) is 11.2. The maximum absolute atomic E-state index is 11.0. The summed E-state index contributed by atoms with van der Waals surface area (Å²) in [4.78, 5) is 13.6. The van der Waals surface area contributed by atoms with Crippen molar-refractivity contribution in [1.29, 1.82) is 0 Å². The molecule has 4 nitrogen and oxygen atoms in total. The van der Waals surface area contributed by atoms with Crippen molar-refractivity contribution in [3.63, 3.8) is 0 Å². The molecule has 2 aromatic rings. The highest BCUT2D eigenvalue weighted by atomic mass is 35.5. The number of aromatic nitrogens is 1. The second-order valence-corrected chi connectivity index (χ2v) is 4.40. The molecule has 0 amide bonds. The highest BCUT2D eigenvalue weighted by Crippen LogP contribution is 2.34. The van der Waals surface area contributed by atoms with Crippen LogP contribution in [-0.2, 0) is 10.2 Å². The normalized spacial score (nSPS) is 18.6. The lowest BCUT2D eigenvalue weighted by atomic mass is 9.80. The summed E-state index contributed by atoms with van der Waals surface area (Å²) in [6.45, 7) is 1.24. The van der Waals surface area contributed by atoms with Gasteiger partial charge < -0.3 is 9.15 Å². The van der Waals surface area contributed by atoms with E-state index in [2.05, 4.69) is 4.98 Å². The van der Waals surface area contributed by atoms with Crippen molar-refractivity contribution < 1.29 is 9.15 Å². The van der Waals surface area contributed by atoms with Gasteiger partial charge in [0.05, 0.1) is 24.1 Å². The molecule has 0 spiro atoms. The Kier molecular flexibility index (Phi) is 2.09. The van der Waals surface area contributed by atoms with Gasteiger partial charge in [-0.1, -0.05) is 6.07 Å². The van der Waals surface area contributed by atoms with Crippen LogP contribution in [0.25, 0.3) is 11.1 Å². The van der Waals surface area contributed by atoms with E-state index in [0.717, 1.165) is 5.56 Å². The summed E-state index contributed by atoms with van der Waals surface area (Å²) in [5.41, 5.74) is 2.22. The highest BCUT2D eigenvalue weighted by molar-refractivity contribution is 6.18. The Hall–Kier alpha value is -1.26. The van der Waals surface area contributed by atoms with Crippen molar-refractivity contribution in [2.75, 3.05) is 19.1 Å². The van der Waals surface area contributed by atoms with Crippen LogP contribution in [0.15, 0.2) is 27.4 Å². The molecule has 2 heterocycles. The van der Waals surface area contributed by atoms with Crippen LogP contribution in [-0.4, -0.2) is 24.1 Å². The van der Waals surface area contributed by atoms with Crippen LogP contribution in [0.2, 0.25) is 0 Å². The summed E-state index contributed by atoms with van der Waals surface area (Å²) >= 11 is 5.97. The molecular weight excluding hydrogens is 230 g/mol.